The van der Waals surface area contributed by atoms with Gasteiger partial charge in [-0.1, -0.05) is 6.92 Å². The van der Waals surface area contributed by atoms with Gasteiger partial charge in [0, 0.05) is 18.8 Å². The Morgan fingerprint density at radius 3 is 2.94 bits per heavy atom. The van der Waals surface area contributed by atoms with Crippen molar-refractivity contribution in [1.29, 1.82) is 0 Å². The molecule has 1 heterocycles. The van der Waals surface area contributed by atoms with E-state index in [2.05, 4.69) is 43.5 Å². The first-order valence-electron chi connectivity index (χ1n) is 5.31. The third-order valence-electron chi connectivity index (χ3n) is 1.93. The molecule has 0 bridgehead atoms. The molecule has 0 saturated heterocycles. The van der Waals surface area contributed by atoms with E-state index >= 15 is 0 Å². The molecule has 0 amide bonds. The summed E-state index contributed by atoms with van der Waals surface area (Å²) in [6.45, 7) is 4.87. The van der Waals surface area contributed by atoms with Crippen LogP contribution in [-0.2, 0) is 0 Å². The Hall–Kier alpha value is -0.880. The van der Waals surface area contributed by atoms with Gasteiger partial charge in [-0.05, 0) is 29.3 Å². The van der Waals surface area contributed by atoms with Gasteiger partial charge in [0.2, 0.25) is 5.95 Å². The monoisotopic (exact) mass is 288 g/mol. The van der Waals surface area contributed by atoms with Crippen LogP contribution in [0.1, 0.15) is 20.3 Å². The molecule has 0 aromatic carbocycles. The molecule has 1 aromatic rings. The van der Waals surface area contributed by atoms with Crippen molar-refractivity contribution in [2.75, 3.05) is 23.8 Å². The minimum atomic E-state index is -0.0368. The first kappa shape index (κ1) is 13.2. The third kappa shape index (κ3) is 3.94. The summed E-state index contributed by atoms with van der Waals surface area (Å²) in [5.41, 5.74) is 0. The van der Waals surface area contributed by atoms with Gasteiger partial charge in [-0.15, -0.1) is 0 Å². The molecule has 0 saturated carbocycles. The van der Waals surface area contributed by atoms with Crippen LogP contribution < -0.4 is 10.6 Å². The van der Waals surface area contributed by atoms with Gasteiger partial charge in [-0.3, -0.25) is 0 Å². The second kappa shape index (κ2) is 6.65. The van der Waals surface area contributed by atoms with E-state index in [4.69, 9.17) is 5.11 Å². The summed E-state index contributed by atoms with van der Waals surface area (Å²) in [5.74, 6) is 1.29. The van der Waals surface area contributed by atoms with Gasteiger partial charge in [0.1, 0.15) is 5.82 Å². The predicted molar refractivity (Wildman–Crippen MR) is 68.7 cm³/mol. The predicted octanol–water partition coefficient (Wildman–Crippen LogP) is 1.85. The molecule has 0 aliphatic rings. The van der Waals surface area contributed by atoms with E-state index in [0.717, 1.165) is 17.4 Å². The van der Waals surface area contributed by atoms with Crippen molar-refractivity contribution in [3.63, 3.8) is 0 Å². The zero-order valence-corrected chi connectivity index (χ0v) is 11.1. The zero-order chi connectivity index (χ0) is 12.0. The van der Waals surface area contributed by atoms with E-state index in [1.54, 1.807) is 6.20 Å². The quantitative estimate of drug-likeness (QED) is 0.745. The van der Waals surface area contributed by atoms with E-state index in [1.165, 1.54) is 0 Å². The zero-order valence-electron chi connectivity index (χ0n) is 9.50. The topological polar surface area (TPSA) is 70.1 Å². The summed E-state index contributed by atoms with van der Waals surface area (Å²) in [6.07, 6.45) is 2.71. The fourth-order valence-electron chi connectivity index (χ4n) is 1.07. The van der Waals surface area contributed by atoms with Crippen LogP contribution >= 0.6 is 15.9 Å². The van der Waals surface area contributed by atoms with E-state index in [-0.39, 0.29) is 12.6 Å². The van der Waals surface area contributed by atoms with Crippen LogP contribution in [0.4, 0.5) is 11.8 Å². The minimum Gasteiger partial charge on any atom is -0.394 e. The molecule has 1 rings (SSSR count). The summed E-state index contributed by atoms with van der Waals surface area (Å²) in [5, 5.41) is 15.2. The van der Waals surface area contributed by atoms with Crippen molar-refractivity contribution in [2.24, 2.45) is 0 Å². The van der Waals surface area contributed by atoms with Gasteiger partial charge < -0.3 is 15.7 Å². The Balaban J connectivity index is 2.73. The van der Waals surface area contributed by atoms with Crippen molar-refractivity contribution in [3.05, 3.63) is 10.7 Å². The van der Waals surface area contributed by atoms with Crippen molar-refractivity contribution >= 4 is 27.7 Å². The molecule has 0 spiro atoms. The lowest BCUT2D eigenvalue weighted by molar-refractivity contribution is 0.281. The van der Waals surface area contributed by atoms with Crippen LogP contribution in [0, 0.1) is 0 Å². The second-order valence-electron chi connectivity index (χ2n) is 3.54. The molecule has 5 nitrogen and oxygen atoms in total. The fourth-order valence-corrected chi connectivity index (χ4v) is 1.37. The number of aromatic nitrogens is 2. The lowest BCUT2D eigenvalue weighted by atomic mass is 10.3. The van der Waals surface area contributed by atoms with Crippen molar-refractivity contribution < 1.29 is 5.11 Å². The molecule has 0 aliphatic carbocycles. The standard InChI is InChI=1S/C10H17BrN4O/c1-3-4-12-10-13-5-8(11)9(15-10)14-7(2)6-16/h5,7,16H,3-4,6H2,1-2H3,(H2,12,13,14,15). The van der Waals surface area contributed by atoms with Crippen LogP contribution in [0.2, 0.25) is 0 Å². The number of aliphatic hydroxyl groups excluding tert-OH is 1. The third-order valence-corrected chi connectivity index (χ3v) is 2.51. The Bertz CT molecular complexity index is 335. The Kier molecular flexibility index (Phi) is 5.48. The van der Waals surface area contributed by atoms with Gasteiger partial charge >= 0.3 is 0 Å². The largest absolute Gasteiger partial charge is 0.394 e. The van der Waals surface area contributed by atoms with Gasteiger partial charge in [0.25, 0.3) is 0 Å². The minimum absolute atomic E-state index is 0.0368. The number of anilines is 2. The highest BCUT2D eigenvalue weighted by atomic mass is 79.9. The molecule has 0 fully saturated rings. The lowest BCUT2D eigenvalue weighted by Crippen LogP contribution is -2.21. The Morgan fingerprint density at radius 1 is 1.56 bits per heavy atom. The van der Waals surface area contributed by atoms with E-state index in [1.807, 2.05) is 6.92 Å². The molecule has 1 unspecified atom stereocenters. The summed E-state index contributed by atoms with van der Waals surface area (Å²) in [4.78, 5) is 8.44. The van der Waals surface area contributed by atoms with Crippen LogP contribution in [-0.4, -0.2) is 34.3 Å². The van der Waals surface area contributed by atoms with Crippen LogP contribution in [0.15, 0.2) is 10.7 Å². The normalized spacial score (nSPS) is 12.2. The Morgan fingerprint density at radius 2 is 2.31 bits per heavy atom. The first-order valence-corrected chi connectivity index (χ1v) is 6.10. The molecule has 0 radical (unpaired) electrons. The highest BCUT2D eigenvalue weighted by molar-refractivity contribution is 9.10. The van der Waals surface area contributed by atoms with Crippen LogP contribution in [0.25, 0.3) is 0 Å². The molecule has 1 atom stereocenters. The molecular formula is C10H17BrN4O. The molecule has 0 aliphatic heterocycles. The number of nitrogens with zero attached hydrogens (tertiary/aromatic N) is 2. The van der Waals surface area contributed by atoms with Gasteiger partial charge in [-0.2, -0.15) is 4.98 Å². The first-order chi connectivity index (χ1) is 7.67. The van der Waals surface area contributed by atoms with E-state index in [9.17, 15) is 0 Å². The highest BCUT2D eigenvalue weighted by Crippen LogP contribution is 2.20. The van der Waals surface area contributed by atoms with E-state index in [0.29, 0.717) is 11.8 Å². The van der Waals surface area contributed by atoms with Crippen molar-refractivity contribution in [3.8, 4) is 0 Å². The molecule has 16 heavy (non-hydrogen) atoms. The summed E-state index contributed by atoms with van der Waals surface area (Å²) >= 11 is 3.36. The number of hydrogen-bond donors (Lipinski definition) is 3. The molecule has 1 aromatic heterocycles. The molecule has 6 heteroatoms. The van der Waals surface area contributed by atoms with Crippen molar-refractivity contribution in [2.45, 2.75) is 26.3 Å². The summed E-state index contributed by atoms with van der Waals surface area (Å²) in [7, 11) is 0. The Labute approximate surface area is 104 Å². The van der Waals surface area contributed by atoms with Gasteiger partial charge in [-0.25, -0.2) is 4.98 Å². The lowest BCUT2D eigenvalue weighted by Gasteiger charge is -2.13. The maximum Gasteiger partial charge on any atom is 0.224 e. The average Bonchev–Trinajstić information content (AvgIpc) is 2.30. The van der Waals surface area contributed by atoms with Gasteiger partial charge in [0.15, 0.2) is 0 Å². The maximum absolute atomic E-state index is 8.96. The molecule has 90 valence electrons. The smallest absolute Gasteiger partial charge is 0.224 e. The molecule has 3 N–H and O–H groups in total. The number of nitrogens with one attached hydrogen (secondary N) is 2. The second-order valence-corrected chi connectivity index (χ2v) is 4.40. The number of halogens is 1. The van der Waals surface area contributed by atoms with Crippen LogP contribution in [0.5, 0.6) is 0 Å². The van der Waals surface area contributed by atoms with Gasteiger partial charge in [0.05, 0.1) is 11.1 Å². The number of hydrogen-bond acceptors (Lipinski definition) is 5. The van der Waals surface area contributed by atoms with E-state index < -0.39 is 0 Å². The maximum atomic E-state index is 8.96. The molecular weight excluding hydrogens is 272 g/mol. The van der Waals surface area contributed by atoms with Crippen molar-refractivity contribution in [1.82, 2.24) is 9.97 Å². The number of rotatable bonds is 6. The SMILES string of the molecule is CCCNc1ncc(Br)c(NC(C)CO)n1. The average molecular weight is 289 g/mol. The highest BCUT2D eigenvalue weighted by Gasteiger charge is 2.07. The fraction of sp³-hybridized carbons (Fsp3) is 0.600. The summed E-state index contributed by atoms with van der Waals surface area (Å²) < 4.78 is 0.787. The number of aliphatic hydroxyl groups is 1. The summed E-state index contributed by atoms with van der Waals surface area (Å²) in [6, 6.07) is -0.0368. The van der Waals surface area contributed by atoms with Crippen LogP contribution in [0.3, 0.4) is 0 Å².